The molecule has 0 aliphatic heterocycles. The van der Waals surface area contributed by atoms with E-state index in [0.29, 0.717) is 0 Å². The second kappa shape index (κ2) is 4.59. The molecule has 0 saturated heterocycles. The van der Waals surface area contributed by atoms with E-state index in [1.54, 1.807) is 0 Å². The van der Waals surface area contributed by atoms with Gasteiger partial charge in [0.1, 0.15) is 0 Å². The molecule has 0 saturated carbocycles. The van der Waals surface area contributed by atoms with E-state index in [2.05, 4.69) is 46.8 Å². The topological polar surface area (TPSA) is 0 Å². The first-order chi connectivity index (χ1) is 8.36. The van der Waals surface area contributed by atoms with Gasteiger partial charge < -0.3 is 0 Å². The highest BCUT2D eigenvalue weighted by Crippen LogP contribution is 2.48. The molecule has 18 heavy (non-hydrogen) atoms. The Hall–Kier alpha value is -1.01. The minimum Gasteiger partial charge on any atom is -0.0843 e. The molecule has 0 amide bonds. The van der Waals surface area contributed by atoms with E-state index in [4.69, 9.17) is 11.6 Å². The molecule has 0 heterocycles. The molecule has 0 bridgehead atoms. The Bertz CT molecular complexity index is 505. The number of hydrogen-bond donors (Lipinski definition) is 0. The largest absolute Gasteiger partial charge is 0.0843 e. The van der Waals surface area contributed by atoms with Crippen molar-refractivity contribution in [2.45, 2.75) is 41.0 Å². The molecule has 0 fully saturated rings. The average molecular weight is 261 g/mol. The van der Waals surface area contributed by atoms with Gasteiger partial charge >= 0.3 is 0 Å². The van der Waals surface area contributed by atoms with Crippen molar-refractivity contribution in [2.24, 2.45) is 5.41 Å². The smallest absolute Gasteiger partial charge is 0.0406 e. The van der Waals surface area contributed by atoms with Crippen molar-refractivity contribution in [3.63, 3.8) is 0 Å². The third-order valence-corrected chi connectivity index (χ3v) is 5.07. The van der Waals surface area contributed by atoms with E-state index in [0.717, 1.165) is 11.4 Å². The van der Waals surface area contributed by atoms with Gasteiger partial charge in [0.2, 0.25) is 0 Å². The number of rotatable bonds is 2. The van der Waals surface area contributed by atoms with E-state index in [1.165, 1.54) is 27.9 Å². The molecule has 1 aliphatic carbocycles. The SMILES string of the molecule is CC1=C(C)C(C)(Cc2ccc(Cl)cc2)C(C)=C1C. The molecule has 1 aromatic rings. The van der Waals surface area contributed by atoms with Crippen molar-refractivity contribution in [1.82, 2.24) is 0 Å². The molecular formula is C17H21Cl. The summed E-state index contributed by atoms with van der Waals surface area (Å²) in [5.74, 6) is 0. The molecule has 1 heteroatoms. The van der Waals surface area contributed by atoms with Gasteiger partial charge in [0.15, 0.2) is 0 Å². The van der Waals surface area contributed by atoms with E-state index in [9.17, 15) is 0 Å². The summed E-state index contributed by atoms with van der Waals surface area (Å²) in [6.45, 7) is 11.4. The maximum atomic E-state index is 5.95. The summed E-state index contributed by atoms with van der Waals surface area (Å²) < 4.78 is 0. The molecular weight excluding hydrogens is 240 g/mol. The zero-order valence-corrected chi connectivity index (χ0v) is 12.7. The predicted octanol–water partition coefficient (Wildman–Crippen LogP) is 5.58. The molecule has 1 aromatic carbocycles. The Morgan fingerprint density at radius 1 is 0.889 bits per heavy atom. The summed E-state index contributed by atoms with van der Waals surface area (Å²) in [5.41, 5.74) is 7.46. The van der Waals surface area contributed by atoms with Crippen molar-refractivity contribution in [3.8, 4) is 0 Å². The summed E-state index contributed by atoms with van der Waals surface area (Å²) >= 11 is 5.95. The molecule has 0 spiro atoms. The van der Waals surface area contributed by atoms with Crippen LogP contribution in [-0.4, -0.2) is 0 Å². The fourth-order valence-corrected chi connectivity index (χ4v) is 3.07. The second-order valence-corrected chi connectivity index (χ2v) is 6.07. The molecule has 96 valence electrons. The molecule has 1 aliphatic rings. The Morgan fingerprint density at radius 2 is 1.33 bits per heavy atom. The Balaban J connectivity index is 2.37. The third-order valence-electron chi connectivity index (χ3n) is 4.81. The van der Waals surface area contributed by atoms with Gasteiger partial charge in [-0.15, -0.1) is 0 Å². The Morgan fingerprint density at radius 3 is 1.78 bits per heavy atom. The van der Waals surface area contributed by atoms with Crippen LogP contribution in [0.25, 0.3) is 0 Å². The van der Waals surface area contributed by atoms with E-state index in [-0.39, 0.29) is 5.41 Å². The lowest BCUT2D eigenvalue weighted by molar-refractivity contribution is 0.483. The van der Waals surface area contributed by atoms with Gasteiger partial charge in [0.05, 0.1) is 0 Å². The predicted molar refractivity (Wildman–Crippen MR) is 80.0 cm³/mol. The number of allylic oxidation sites excluding steroid dienone is 4. The van der Waals surface area contributed by atoms with Crippen molar-refractivity contribution in [3.05, 3.63) is 57.1 Å². The standard InChI is InChI=1S/C17H21Cl/c1-11-12(2)14(4)17(5,13(11)3)10-15-6-8-16(18)9-7-15/h6-9H,10H2,1-5H3. The van der Waals surface area contributed by atoms with Crippen molar-refractivity contribution in [1.29, 1.82) is 0 Å². The Kier molecular flexibility index (Phi) is 3.42. The van der Waals surface area contributed by atoms with Gasteiger partial charge in [0.25, 0.3) is 0 Å². The highest BCUT2D eigenvalue weighted by molar-refractivity contribution is 6.30. The van der Waals surface area contributed by atoms with Gasteiger partial charge in [0, 0.05) is 10.4 Å². The van der Waals surface area contributed by atoms with Gasteiger partial charge in [-0.3, -0.25) is 0 Å². The van der Waals surface area contributed by atoms with E-state index < -0.39 is 0 Å². The number of hydrogen-bond acceptors (Lipinski definition) is 0. The maximum Gasteiger partial charge on any atom is 0.0406 e. The number of halogens is 1. The van der Waals surface area contributed by atoms with Gasteiger partial charge in [-0.05, 0) is 63.0 Å². The minimum absolute atomic E-state index is 0.169. The molecule has 0 radical (unpaired) electrons. The fourth-order valence-electron chi connectivity index (χ4n) is 2.95. The first kappa shape index (κ1) is 13.4. The van der Waals surface area contributed by atoms with Crippen molar-refractivity contribution >= 4 is 11.6 Å². The highest BCUT2D eigenvalue weighted by atomic mass is 35.5. The lowest BCUT2D eigenvalue weighted by atomic mass is 9.74. The number of benzene rings is 1. The normalized spacial score (nSPS) is 18.8. The van der Waals surface area contributed by atoms with Crippen LogP contribution in [0, 0.1) is 5.41 Å². The lowest BCUT2D eigenvalue weighted by Gasteiger charge is -2.29. The summed E-state index contributed by atoms with van der Waals surface area (Å²) in [7, 11) is 0. The summed E-state index contributed by atoms with van der Waals surface area (Å²) in [5, 5.41) is 0.808. The quantitative estimate of drug-likeness (QED) is 0.652. The molecule has 0 nitrogen and oxygen atoms in total. The van der Waals surface area contributed by atoms with Crippen LogP contribution in [0.15, 0.2) is 46.6 Å². The van der Waals surface area contributed by atoms with E-state index in [1.807, 2.05) is 12.1 Å². The van der Waals surface area contributed by atoms with Gasteiger partial charge in [-0.2, -0.15) is 0 Å². The molecule has 2 rings (SSSR count). The first-order valence-electron chi connectivity index (χ1n) is 6.47. The first-order valence-corrected chi connectivity index (χ1v) is 6.85. The van der Waals surface area contributed by atoms with Crippen LogP contribution in [0.5, 0.6) is 0 Å². The fraction of sp³-hybridized carbons (Fsp3) is 0.412. The highest BCUT2D eigenvalue weighted by Gasteiger charge is 2.35. The van der Waals surface area contributed by atoms with E-state index >= 15 is 0 Å². The minimum atomic E-state index is 0.169. The molecule has 0 aromatic heterocycles. The van der Waals surface area contributed by atoms with Crippen LogP contribution < -0.4 is 0 Å². The van der Waals surface area contributed by atoms with Crippen LogP contribution in [0.4, 0.5) is 0 Å². The monoisotopic (exact) mass is 260 g/mol. The average Bonchev–Trinajstić information content (AvgIpc) is 2.49. The molecule has 0 unspecified atom stereocenters. The van der Waals surface area contributed by atoms with Crippen LogP contribution >= 0.6 is 11.6 Å². The maximum absolute atomic E-state index is 5.95. The lowest BCUT2D eigenvalue weighted by Crippen LogP contribution is -2.20. The summed E-state index contributed by atoms with van der Waals surface area (Å²) in [4.78, 5) is 0. The van der Waals surface area contributed by atoms with Gasteiger partial charge in [-0.25, -0.2) is 0 Å². The second-order valence-electron chi connectivity index (χ2n) is 5.64. The summed E-state index contributed by atoms with van der Waals surface area (Å²) in [6, 6.07) is 8.23. The molecule has 0 N–H and O–H groups in total. The van der Waals surface area contributed by atoms with Gasteiger partial charge in [-0.1, -0.05) is 41.8 Å². The zero-order chi connectivity index (χ0) is 13.5. The van der Waals surface area contributed by atoms with Crippen LogP contribution in [-0.2, 0) is 6.42 Å². The summed E-state index contributed by atoms with van der Waals surface area (Å²) in [6.07, 6.45) is 1.05. The van der Waals surface area contributed by atoms with Crippen LogP contribution in [0.2, 0.25) is 5.02 Å². The Labute approximate surface area is 115 Å². The van der Waals surface area contributed by atoms with Crippen molar-refractivity contribution in [2.75, 3.05) is 0 Å². The van der Waals surface area contributed by atoms with Crippen LogP contribution in [0.3, 0.4) is 0 Å². The van der Waals surface area contributed by atoms with Crippen LogP contribution in [0.1, 0.15) is 40.2 Å². The molecule has 0 atom stereocenters. The van der Waals surface area contributed by atoms with Crippen molar-refractivity contribution < 1.29 is 0 Å². The third kappa shape index (κ3) is 2.03. The zero-order valence-electron chi connectivity index (χ0n) is 11.9.